The summed E-state index contributed by atoms with van der Waals surface area (Å²) in [6.45, 7) is 2.08. The number of hydrogen-bond acceptors (Lipinski definition) is 2. The van der Waals surface area contributed by atoms with E-state index in [1.165, 1.54) is 19.4 Å². The van der Waals surface area contributed by atoms with E-state index in [2.05, 4.69) is 11.0 Å². The van der Waals surface area contributed by atoms with Crippen molar-refractivity contribution in [2.24, 2.45) is 5.92 Å². The molecular formula is C10H12N2. The summed E-state index contributed by atoms with van der Waals surface area (Å²) in [5.74, 6) is 0.923. The van der Waals surface area contributed by atoms with Crippen molar-refractivity contribution >= 4 is 0 Å². The zero-order valence-electron chi connectivity index (χ0n) is 7.03. The molecule has 2 nitrogen and oxygen atoms in total. The van der Waals surface area contributed by atoms with Crippen molar-refractivity contribution in [1.29, 1.82) is 5.26 Å². The van der Waals surface area contributed by atoms with Crippen molar-refractivity contribution < 1.29 is 0 Å². The van der Waals surface area contributed by atoms with Crippen LogP contribution in [0.3, 0.4) is 0 Å². The summed E-state index contributed by atoms with van der Waals surface area (Å²) in [6, 6.07) is 2.14. The van der Waals surface area contributed by atoms with Crippen molar-refractivity contribution in [2.75, 3.05) is 13.1 Å². The van der Waals surface area contributed by atoms with Gasteiger partial charge in [-0.1, -0.05) is 0 Å². The fourth-order valence-electron chi connectivity index (χ4n) is 1.38. The second-order valence-electron chi connectivity index (χ2n) is 3.48. The van der Waals surface area contributed by atoms with Gasteiger partial charge in [0.25, 0.3) is 0 Å². The molecule has 2 rings (SSSR count). The molecule has 0 bridgehead atoms. The number of nitrogens with zero attached hydrogens (tertiary/aromatic N) is 2. The minimum Gasteiger partial charge on any atom is -0.373 e. The average molecular weight is 160 g/mol. The van der Waals surface area contributed by atoms with Crippen LogP contribution >= 0.6 is 0 Å². The summed E-state index contributed by atoms with van der Waals surface area (Å²) in [4.78, 5) is 2.28. The Morgan fingerprint density at radius 1 is 1.58 bits per heavy atom. The molecule has 1 heterocycles. The quantitative estimate of drug-likeness (QED) is 0.614. The Morgan fingerprint density at radius 2 is 2.42 bits per heavy atom. The van der Waals surface area contributed by atoms with Gasteiger partial charge in [0.1, 0.15) is 0 Å². The molecule has 62 valence electrons. The van der Waals surface area contributed by atoms with Gasteiger partial charge < -0.3 is 4.90 Å². The highest BCUT2D eigenvalue weighted by Gasteiger charge is 2.23. The summed E-state index contributed by atoms with van der Waals surface area (Å²) >= 11 is 0. The largest absolute Gasteiger partial charge is 0.373 e. The molecule has 0 radical (unpaired) electrons. The normalized spacial score (nSPS) is 21.9. The van der Waals surface area contributed by atoms with E-state index in [-0.39, 0.29) is 0 Å². The van der Waals surface area contributed by atoms with Crippen LogP contribution in [0.5, 0.6) is 0 Å². The van der Waals surface area contributed by atoms with Crippen LogP contribution in [0.15, 0.2) is 23.9 Å². The summed E-state index contributed by atoms with van der Waals surface area (Å²) in [5, 5.41) is 8.58. The van der Waals surface area contributed by atoms with E-state index in [0.29, 0.717) is 0 Å². The molecule has 0 amide bonds. The molecule has 2 heteroatoms. The standard InChI is InChI=1S/C10H12N2/c11-7-9-3-5-12(6-4-9)8-10-1-2-10/h3-5,10H,1-2,6,8H2. The van der Waals surface area contributed by atoms with Gasteiger partial charge in [-0.15, -0.1) is 0 Å². The lowest BCUT2D eigenvalue weighted by Crippen LogP contribution is -2.22. The highest BCUT2D eigenvalue weighted by atomic mass is 15.1. The van der Waals surface area contributed by atoms with Crippen LogP contribution in [0.2, 0.25) is 0 Å². The molecule has 0 unspecified atom stereocenters. The third-order valence-corrected chi connectivity index (χ3v) is 2.33. The van der Waals surface area contributed by atoms with Crippen LogP contribution in [-0.4, -0.2) is 18.0 Å². The monoisotopic (exact) mass is 160 g/mol. The van der Waals surface area contributed by atoms with E-state index in [9.17, 15) is 0 Å². The van der Waals surface area contributed by atoms with E-state index < -0.39 is 0 Å². The Kier molecular flexibility index (Phi) is 1.87. The summed E-state index contributed by atoms with van der Waals surface area (Å²) in [6.07, 6.45) is 8.70. The second-order valence-corrected chi connectivity index (χ2v) is 3.48. The van der Waals surface area contributed by atoms with Crippen LogP contribution in [-0.2, 0) is 0 Å². The van der Waals surface area contributed by atoms with E-state index in [4.69, 9.17) is 5.26 Å². The molecule has 0 aromatic carbocycles. The van der Waals surface area contributed by atoms with Crippen LogP contribution in [0.25, 0.3) is 0 Å². The molecule has 0 spiro atoms. The lowest BCUT2D eigenvalue weighted by atomic mass is 10.2. The SMILES string of the molecule is N#CC1=CCN(CC2CC2)C=C1. The molecule has 0 aromatic heterocycles. The highest BCUT2D eigenvalue weighted by Crippen LogP contribution is 2.30. The Balaban J connectivity index is 1.87. The molecule has 1 aliphatic heterocycles. The third-order valence-electron chi connectivity index (χ3n) is 2.33. The van der Waals surface area contributed by atoms with Crippen molar-refractivity contribution in [1.82, 2.24) is 4.90 Å². The maximum Gasteiger partial charge on any atom is 0.0989 e. The number of hydrogen-bond donors (Lipinski definition) is 0. The van der Waals surface area contributed by atoms with Crippen molar-refractivity contribution in [2.45, 2.75) is 12.8 Å². The molecule has 1 aliphatic carbocycles. The van der Waals surface area contributed by atoms with Crippen molar-refractivity contribution in [3.05, 3.63) is 23.9 Å². The first kappa shape index (κ1) is 7.42. The van der Waals surface area contributed by atoms with Gasteiger partial charge >= 0.3 is 0 Å². The van der Waals surface area contributed by atoms with Gasteiger partial charge in [0.05, 0.1) is 11.6 Å². The topological polar surface area (TPSA) is 27.0 Å². The average Bonchev–Trinajstić information content (AvgIpc) is 2.90. The number of allylic oxidation sites excluding steroid dienone is 2. The lowest BCUT2D eigenvalue weighted by Gasteiger charge is -2.20. The molecule has 0 atom stereocenters. The molecule has 12 heavy (non-hydrogen) atoms. The predicted molar refractivity (Wildman–Crippen MR) is 47.1 cm³/mol. The van der Waals surface area contributed by atoms with Gasteiger partial charge in [0.15, 0.2) is 0 Å². The van der Waals surface area contributed by atoms with Gasteiger partial charge in [-0.3, -0.25) is 0 Å². The van der Waals surface area contributed by atoms with Gasteiger partial charge in [0.2, 0.25) is 0 Å². The fourth-order valence-corrected chi connectivity index (χ4v) is 1.38. The number of nitriles is 1. The Labute approximate surface area is 72.8 Å². The van der Waals surface area contributed by atoms with E-state index in [1.54, 1.807) is 0 Å². The molecule has 2 aliphatic rings. The summed E-state index contributed by atoms with van der Waals surface area (Å²) in [5.41, 5.74) is 0.794. The molecular weight excluding hydrogens is 148 g/mol. The Morgan fingerprint density at radius 3 is 2.92 bits per heavy atom. The van der Waals surface area contributed by atoms with Crippen LogP contribution in [0, 0.1) is 17.2 Å². The molecule has 1 saturated carbocycles. The van der Waals surface area contributed by atoms with E-state index >= 15 is 0 Å². The third kappa shape index (κ3) is 1.68. The maximum atomic E-state index is 8.58. The van der Waals surface area contributed by atoms with Crippen molar-refractivity contribution in [3.8, 4) is 6.07 Å². The Hall–Kier alpha value is -1.23. The summed E-state index contributed by atoms with van der Waals surface area (Å²) < 4.78 is 0. The van der Waals surface area contributed by atoms with Gasteiger partial charge in [-0.05, 0) is 30.9 Å². The minimum absolute atomic E-state index is 0.794. The molecule has 0 N–H and O–H groups in total. The van der Waals surface area contributed by atoms with Gasteiger partial charge in [-0.2, -0.15) is 5.26 Å². The molecule has 1 fully saturated rings. The number of rotatable bonds is 2. The van der Waals surface area contributed by atoms with Crippen LogP contribution in [0.1, 0.15) is 12.8 Å². The molecule has 0 saturated heterocycles. The van der Waals surface area contributed by atoms with Crippen LogP contribution in [0.4, 0.5) is 0 Å². The zero-order chi connectivity index (χ0) is 8.39. The first-order valence-electron chi connectivity index (χ1n) is 4.41. The van der Waals surface area contributed by atoms with Crippen LogP contribution < -0.4 is 0 Å². The first-order valence-corrected chi connectivity index (χ1v) is 4.41. The van der Waals surface area contributed by atoms with E-state index in [0.717, 1.165) is 18.0 Å². The maximum absolute atomic E-state index is 8.58. The lowest BCUT2D eigenvalue weighted by molar-refractivity contribution is 0.391. The molecule has 0 aromatic rings. The minimum atomic E-state index is 0.794. The van der Waals surface area contributed by atoms with E-state index in [1.807, 2.05) is 18.4 Å². The summed E-state index contributed by atoms with van der Waals surface area (Å²) in [7, 11) is 0. The Bertz CT molecular complexity index is 266. The second kappa shape index (κ2) is 3.02. The first-order chi connectivity index (χ1) is 5.88. The zero-order valence-corrected chi connectivity index (χ0v) is 7.03. The van der Waals surface area contributed by atoms with Gasteiger partial charge in [-0.25, -0.2) is 0 Å². The smallest absolute Gasteiger partial charge is 0.0989 e. The predicted octanol–water partition coefficient (Wildman–Crippen LogP) is 1.68. The van der Waals surface area contributed by atoms with Gasteiger partial charge in [0, 0.05) is 19.3 Å². The van der Waals surface area contributed by atoms with Crippen molar-refractivity contribution in [3.63, 3.8) is 0 Å². The highest BCUT2D eigenvalue weighted by molar-refractivity contribution is 5.34. The fraction of sp³-hybridized carbons (Fsp3) is 0.500.